The van der Waals surface area contributed by atoms with Crippen LogP contribution < -0.4 is 5.56 Å². The van der Waals surface area contributed by atoms with Gasteiger partial charge in [0.25, 0.3) is 5.56 Å². The summed E-state index contributed by atoms with van der Waals surface area (Å²) in [6.45, 7) is 0.742. The first-order chi connectivity index (χ1) is 15.7. The molecule has 0 saturated carbocycles. The normalized spacial score (nSPS) is 10.6. The van der Waals surface area contributed by atoms with Crippen LogP contribution in [0.2, 0.25) is 0 Å². The number of hydrogen-bond acceptors (Lipinski definition) is 10. The molecule has 0 aliphatic heterocycles. The van der Waals surface area contributed by atoms with Gasteiger partial charge in [0, 0.05) is 5.56 Å². The minimum absolute atomic E-state index is 0.0125. The number of pyridine rings is 1. The maximum atomic E-state index is 12.9. The maximum absolute atomic E-state index is 12.9. The Hall–Kier alpha value is -4.53. The summed E-state index contributed by atoms with van der Waals surface area (Å²) in [5.74, 6) is -3.19. The molecule has 33 heavy (non-hydrogen) atoms. The molecule has 0 amide bonds. The Kier molecular flexibility index (Phi) is 8.39. The molecule has 2 N–H and O–H groups in total. The standard InChI is InChI=1S/C21H20N4O8/c1-12-14(11-22)19(28)25(9-10-33-17(27)8-7-16(26)32-2)20(29)18(12)24-23-15-6-4-3-5-13(15)21(30)31/h3-6,28H,7-10H2,1-2H3,(H,30,31). The summed E-state index contributed by atoms with van der Waals surface area (Å²) in [4.78, 5) is 47.0. The molecule has 172 valence electrons. The van der Waals surface area contributed by atoms with E-state index < -0.39 is 29.3 Å². The molecule has 0 unspecified atom stereocenters. The number of esters is 2. The van der Waals surface area contributed by atoms with Crippen molar-refractivity contribution in [3.8, 4) is 11.9 Å². The van der Waals surface area contributed by atoms with Gasteiger partial charge in [0.1, 0.15) is 23.9 Å². The summed E-state index contributed by atoms with van der Waals surface area (Å²) in [5.41, 5.74) is -1.47. The first kappa shape index (κ1) is 24.7. The number of hydrogen-bond donors (Lipinski definition) is 2. The zero-order valence-corrected chi connectivity index (χ0v) is 17.8. The third-order valence-corrected chi connectivity index (χ3v) is 4.50. The van der Waals surface area contributed by atoms with Gasteiger partial charge in [0.15, 0.2) is 5.69 Å². The number of carbonyl (C=O) groups is 3. The quantitative estimate of drug-likeness (QED) is 0.423. The molecule has 12 heteroatoms. The number of ether oxygens (including phenoxy) is 2. The van der Waals surface area contributed by atoms with Crippen molar-refractivity contribution < 1.29 is 34.1 Å². The van der Waals surface area contributed by atoms with E-state index in [-0.39, 0.29) is 54.1 Å². The summed E-state index contributed by atoms with van der Waals surface area (Å²) in [6, 6.07) is 7.52. The van der Waals surface area contributed by atoms with Crippen molar-refractivity contribution in [3.63, 3.8) is 0 Å². The van der Waals surface area contributed by atoms with Gasteiger partial charge in [-0.05, 0) is 19.1 Å². The van der Waals surface area contributed by atoms with Crippen LogP contribution in [0.3, 0.4) is 0 Å². The smallest absolute Gasteiger partial charge is 0.337 e. The van der Waals surface area contributed by atoms with Gasteiger partial charge in [-0.3, -0.25) is 19.0 Å². The number of methoxy groups -OCH3 is 1. The summed E-state index contributed by atoms with van der Waals surface area (Å²) in [7, 11) is 1.18. The van der Waals surface area contributed by atoms with E-state index in [1.165, 1.54) is 38.3 Å². The van der Waals surface area contributed by atoms with Gasteiger partial charge < -0.3 is 19.7 Å². The van der Waals surface area contributed by atoms with Gasteiger partial charge in [0.05, 0.1) is 32.1 Å². The lowest BCUT2D eigenvalue weighted by atomic mass is 10.1. The first-order valence-electron chi connectivity index (χ1n) is 9.54. The molecule has 0 aliphatic rings. The van der Waals surface area contributed by atoms with Gasteiger partial charge in [-0.25, -0.2) is 4.79 Å². The second kappa shape index (κ2) is 11.2. The molecule has 0 aliphatic carbocycles. The molecule has 1 heterocycles. The van der Waals surface area contributed by atoms with Crippen molar-refractivity contribution in [3.05, 3.63) is 51.3 Å². The van der Waals surface area contributed by atoms with Crippen LogP contribution in [0, 0.1) is 18.3 Å². The number of benzene rings is 1. The van der Waals surface area contributed by atoms with E-state index in [9.17, 15) is 34.7 Å². The molecular weight excluding hydrogens is 436 g/mol. The Morgan fingerprint density at radius 3 is 2.45 bits per heavy atom. The van der Waals surface area contributed by atoms with E-state index in [0.29, 0.717) is 0 Å². The number of azo groups is 1. The van der Waals surface area contributed by atoms with E-state index in [2.05, 4.69) is 15.0 Å². The molecule has 1 aromatic heterocycles. The number of carboxylic acid groups (broad SMARTS) is 1. The van der Waals surface area contributed by atoms with Crippen LogP contribution in [0.5, 0.6) is 5.88 Å². The van der Waals surface area contributed by atoms with Crippen molar-refractivity contribution >= 4 is 29.3 Å². The highest BCUT2D eigenvalue weighted by molar-refractivity contribution is 5.93. The van der Waals surface area contributed by atoms with E-state index in [1.54, 1.807) is 6.07 Å². The van der Waals surface area contributed by atoms with E-state index in [4.69, 9.17) is 4.74 Å². The van der Waals surface area contributed by atoms with E-state index in [0.717, 1.165) is 4.57 Å². The number of nitrogens with zero attached hydrogens (tertiary/aromatic N) is 4. The van der Waals surface area contributed by atoms with E-state index >= 15 is 0 Å². The molecule has 0 spiro atoms. The number of carbonyl (C=O) groups excluding carboxylic acids is 2. The Balaban J connectivity index is 2.32. The first-order valence-corrected chi connectivity index (χ1v) is 9.54. The number of rotatable bonds is 9. The summed E-state index contributed by atoms with van der Waals surface area (Å²) < 4.78 is 10.2. The maximum Gasteiger partial charge on any atom is 0.337 e. The molecular formula is C21H20N4O8. The van der Waals surface area contributed by atoms with Gasteiger partial charge >= 0.3 is 17.9 Å². The lowest BCUT2D eigenvalue weighted by molar-refractivity contribution is -0.149. The Morgan fingerprint density at radius 2 is 1.82 bits per heavy atom. The lowest BCUT2D eigenvalue weighted by Gasteiger charge is -2.13. The van der Waals surface area contributed by atoms with Crippen LogP contribution >= 0.6 is 0 Å². The fraction of sp³-hybridized carbons (Fsp3) is 0.286. The second-order valence-corrected chi connectivity index (χ2v) is 6.56. The average molecular weight is 456 g/mol. The number of aromatic carboxylic acids is 1. The van der Waals surface area contributed by atoms with Gasteiger partial charge in [0.2, 0.25) is 5.88 Å². The fourth-order valence-corrected chi connectivity index (χ4v) is 2.74. The summed E-state index contributed by atoms with van der Waals surface area (Å²) >= 11 is 0. The predicted molar refractivity (Wildman–Crippen MR) is 112 cm³/mol. The van der Waals surface area contributed by atoms with Crippen LogP contribution in [0.15, 0.2) is 39.3 Å². The highest BCUT2D eigenvalue weighted by Crippen LogP contribution is 2.27. The molecule has 2 aromatic rings. The minimum atomic E-state index is -1.24. The Bertz CT molecular complexity index is 1210. The largest absolute Gasteiger partial charge is 0.493 e. The summed E-state index contributed by atoms with van der Waals surface area (Å²) in [5, 5.41) is 36.7. The van der Waals surface area contributed by atoms with Crippen molar-refractivity contribution in [2.24, 2.45) is 10.2 Å². The molecule has 0 bridgehead atoms. The molecule has 1 aromatic carbocycles. The monoisotopic (exact) mass is 456 g/mol. The van der Waals surface area contributed by atoms with Crippen LogP contribution in [-0.2, 0) is 25.6 Å². The van der Waals surface area contributed by atoms with E-state index in [1.807, 2.05) is 0 Å². The molecule has 0 saturated heterocycles. The Labute approximate surface area is 187 Å². The number of aromatic hydroxyl groups is 1. The third kappa shape index (κ3) is 6.01. The summed E-state index contributed by atoms with van der Waals surface area (Å²) in [6.07, 6.45) is -0.403. The highest BCUT2D eigenvalue weighted by atomic mass is 16.5. The van der Waals surface area contributed by atoms with Crippen molar-refractivity contribution in [2.45, 2.75) is 26.3 Å². The SMILES string of the molecule is COC(=O)CCC(=O)OCCn1c(O)c(C#N)c(C)c(N=Nc2ccccc2C(=O)O)c1=O. The third-order valence-electron chi connectivity index (χ3n) is 4.50. The van der Waals surface area contributed by atoms with Crippen LogP contribution in [0.1, 0.15) is 34.3 Å². The Morgan fingerprint density at radius 1 is 1.15 bits per heavy atom. The van der Waals surface area contributed by atoms with Gasteiger partial charge in [-0.15, -0.1) is 10.2 Å². The second-order valence-electron chi connectivity index (χ2n) is 6.56. The van der Waals surface area contributed by atoms with Crippen LogP contribution in [0.4, 0.5) is 11.4 Å². The van der Waals surface area contributed by atoms with Crippen LogP contribution in [0.25, 0.3) is 0 Å². The zero-order valence-electron chi connectivity index (χ0n) is 17.8. The predicted octanol–water partition coefficient (Wildman–Crippen LogP) is 2.34. The number of nitriles is 1. The zero-order chi connectivity index (χ0) is 24.5. The fourth-order valence-electron chi connectivity index (χ4n) is 2.74. The lowest BCUT2D eigenvalue weighted by Crippen LogP contribution is -2.24. The van der Waals surface area contributed by atoms with Gasteiger partial charge in [-0.2, -0.15) is 5.26 Å². The average Bonchev–Trinajstić information content (AvgIpc) is 2.80. The number of carboxylic acids is 1. The van der Waals surface area contributed by atoms with Crippen molar-refractivity contribution in [2.75, 3.05) is 13.7 Å². The molecule has 12 nitrogen and oxygen atoms in total. The topological polar surface area (TPSA) is 181 Å². The minimum Gasteiger partial charge on any atom is -0.493 e. The van der Waals surface area contributed by atoms with Crippen molar-refractivity contribution in [1.82, 2.24) is 4.57 Å². The molecule has 0 atom stereocenters. The molecule has 0 radical (unpaired) electrons. The molecule has 2 rings (SSSR count). The molecule has 0 fully saturated rings. The highest BCUT2D eigenvalue weighted by Gasteiger charge is 2.20. The van der Waals surface area contributed by atoms with Crippen molar-refractivity contribution in [1.29, 1.82) is 5.26 Å². The number of aromatic nitrogens is 1. The van der Waals surface area contributed by atoms with Crippen LogP contribution in [-0.4, -0.2) is 46.4 Å². The van der Waals surface area contributed by atoms with Gasteiger partial charge in [-0.1, -0.05) is 12.1 Å².